The van der Waals surface area contributed by atoms with E-state index in [-0.39, 0.29) is 11.9 Å². The number of carbonyl (C=O) groups is 2. The van der Waals surface area contributed by atoms with Crippen molar-refractivity contribution in [1.29, 1.82) is 0 Å². The highest BCUT2D eigenvalue weighted by Crippen LogP contribution is 2.30. The standard InChI is InChI=1S/C23H27FN4O2/c1-15-9-11-28(12-10-15)21-8-7-19(14-20(21)22(29)25-17-5-6-17)27-23(30)26-18-4-2-3-16(24)13-18/h2-4,7-8,13-15,17H,5-6,9-12H2,1H3,(H,25,29)(H2,26,27,30). The van der Waals surface area contributed by atoms with Crippen molar-refractivity contribution in [3.63, 3.8) is 0 Å². The van der Waals surface area contributed by atoms with Crippen molar-refractivity contribution in [1.82, 2.24) is 5.32 Å². The minimum Gasteiger partial charge on any atom is -0.371 e. The van der Waals surface area contributed by atoms with Crippen molar-refractivity contribution in [2.45, 2.75) is 38.6 Å². The molecule has 1 aliphatic heterocycles. The van der Waals surface area contributed by atoms with Gasteiger partial charge >= 0.3 is 6.03 Å². The van der Waals surface area contributed by atoms with Crippen molar-refractivity contribution in [2.24, 2.45) is 5.92 Å². The number of carbonyl (C=O) groups excluding carboxylic acids is 2. The predicted molar refractivity (Wildman–Crippen MR) is 117 cm³/mol. The molecule has 0 bridgehead atoms. The van der Waals surface area contributed by atoms with E-state index in [9.17, 15) is 14.0 Å². The predicted octanol–water partition coefficient (Wildman–Crippen LogP) is 4.60. The van der Waals surface area contributed by atoms with E-state index < -0.39 is 11.8 Å². The van der Waals surface area contributed by atoms with Crippen molar-refractivity contribution in [3.8, 4) is 0 Å². The number of amides is 3. The van der Waals surface area contributed by atoms with Gasteiger partial charge in [0.05, 0.1) is 5.56 Å². The molecular weight excluding hydrogens is 383 g/mol. The smallest absolute Gasteiger partial charge is 0.323 e. The summed E-state index contributed by atoms with van der Waals surface area (Å²) in [6.07, 6.45) is 4.21. The van der Waals surface area contributed by atoms with Crippen LogP contribution in [0.4, 0.5) is 26.2 Å². The second kappa shape index (κ2) is 8.73. The van der Waals surface area contributed by atoms with Gasteiger partial charge in [-0.05, 0) is 68.0 Å². The molecule has 0 aromatic heterocycles. The summed E-state index contributed by atoms with van der Waals surface area (Å²) in [5, 5.41) is 8.39. The van der Waals surface area contributed by atoms with Gasteiger partial charge in [0.15, 0.2) is 0 Å². The number of anilines is 3. The number of urea groups is 1. The number of hydrogen-bond acceptors (Lipinski definition) is 3. The molecule has 2 aliphatic rings. The summed E-state index contributed by atoms with van der Waals surface area (Å²) in [6.45, 7) is 4.08. The molecule has 0 radical (unpaired) electrons. The number of hydrogen-bond donors (Lipinski definition) is 3. The molecule has 158 valence electrons. The Bertz CT molecular complexity index is 937. The Balaban J connectivity index is 1.51. The molecule has 3 N–H and O–H groups in total. The first-order valence-corrected chi connectivity index (χ1v) is 10.5. The highest BCUT2D eigenvalue weighted by molar-refractivity contribution is 6.04. The molecule has 2 fully saturated rings. The van der Waals surface area contributed by atoms with Crippen molar-refractivity contribution in [2.75, 3.05) is 28.6 Å². The summed E-state index contributed by atoms with van der Waals surface area (Å²) in [7, 11) is 0. The molecule has 0 spiro atoms. The highest BCUT2D eigenvalue weighted by atomic mass is 19.1. The quantitative estimate of drug-likeness (QED) is 0.675. The molecular formula is C23H27FN4O2. The van der Waals surface area contributed by atoms with E-state index in [0.717, 1.165) is 44.5 Å². The second-order valence-corrected chi connectivity index (χ2v) is 8.24. The van der Waals surface area contributed by atoms with Crippen LogP contribution in [0.2, 0.25) is 0 Å². The summed E-state index contributed by atoms with van der Waals surface area (Å²) in [5.41, 5.74) is 2.34. The largest absolute Gasteiger partial charge is 0.371 e. The molecule has 1 heterocycles. The lowest BCUT2D eigenvalue weighted by molar-refractivity contribution is 0.0951. The third kappa shape index (κ3) is 5.09. The zero-order valence-electron chi connectivity index (χ0n) is 17.1. The maximum atomic E-state index is 13.3. The minimum atomic E-state index is -0.492. The third-order valence-corrected chi connectivity index (χ3v) is 5.62. The number of nitrogens with zero attached hydrogens (tertiary/aromatic N) is 1. The number of halogens is 1. The highest BCUT2D eigenvalue weighted by Gasteiger charge is 2.27. The Hall–Kier alpha value is -3.09. The Morgan fingerprint density at radius 3 is 2.33 bits per heavy atom. The first-order chi connectivity index (χ1) is 14.5. The van der Waals surface area contributed by atoms with Gasteiger partial charge in [0.2, 0.25) is 0 Å². The molecule has 2 aromatic rings. The zero-order valence-corrected chi connectivity index (χ0v) is 17.1. The Morgan fingerprint density at radius 2 is 1.67 bits per heavy atom. The SMILES string of the molecule is CC1CCN(c2ccc(NC(=O)Nc3cccc(F)c3)cc2C(=O)NC2CC2)CC1. The Morgan fingerprint density at radius 1 is 0.967 bits per heavy atom. The molecule has 1 saturated heterocycles. The summed E-state index contributed by atoms with van der Waals surface area (Å²) >= 11 is 0. The molecule has 1 saturated carbocycles. The number of nitrogens with one attached hydrogen (secondary N) is 3. The van der Waals surface area contributed by atoms with Crippen LogP contribution < -0.4 is 20.9 Å². The maximum absolute atomic E-state index is 13.3. The van der Waals surface area contributed by atoms with Gasteiger partial charge < -0.3 is 20.9 Å². The topological polar surface area (TPSA) is 73.5 Å². The Labute approximate surface area is 175 Å². The van der Waals surface area contributed by atoms with Crippen LogP contribution in [0, 0.1) is 11.7 Å². The lowest BCUT2D eigenvalue weighted by atomic mass is 9.98. The van der Waals surface area contributed by atoms with E-state index in [2.05, 4.69) is 27.8 Å². The maximum Gasteiger partial charge on any atom is 0.323 e. The first-order valence-electron chi connectivity index (χ1n) is 10.5. The van der Waals surface area contributed by atoms with Crippen LogP contribution in [0.3, 0.4) is 0 Å². The molecule has 7 heteroatoms. The van der Waals surface area contributed by atoms with E-state index in [1.165, 1.54) is 18.2 Å². The minimum absolute atomic E-state index is 0.111. The van der Waals surface area contributed by atoms with Crippen molar-refractivity contribution < 1.29 is 14.0 Å². The van der Waals surface area contributed by atoms with E-state index in [1.54, 1.807) is 18.2 Å². The average molecular weight is 410 g/mol. The van der Waals surface area contributed by atoms with Gasteiger partial charge in [-0.25, -0.2) is 9.18 Å². The average Bonchev–Trinajstić information content (AvgIpc) is 3.52. The van der Waals surface area contributed by atoms with E-state index in [4.69, 9.17) is 0 Å². The van der Waals surface area contributed by atoms with Gasteiger partial charge in [-0.15, -0.1) is 0 Å². The van der Waals surface area contributed by atoms with Gasteiger partial charge in [0.1, 0.15) is 5.82 Å². The van der Waals surface area contributed by atoms with Crippen LogP contribution in [-0.2, 0) is 0 Å². The molecule has 2 aromatic carbocycles. The fourth-order valence-electron chi connectivity index (χ4n) is 3.67. The zero-order chi connectivity index (χ0) is 21.1. The molecule has 4 rings (SSSR count). The molecule has 1 aliphatic carbocycles. The summed E-state index contributed by atoms with van der Waals surface area (Å²) in [5.74, 6) is 0.157. The van der Waals surface area contributed by atoms with Gasteiger partial charge in [0, 0.05) is 36.2 Å². The molecule has 30 heavy (non-hydrogen) atoms. The summed E-state index contributed by atoms with van der Waals surface area (Å²) in [6, 6.07) is 10.9. The van der Waals surface area contributed by atoms with E-state index in [0.29, 0.717) is 22.9 Å². The fraction of sp³-hybridized carbons (Fsp3) is 0.391. The van der Waals surface area contributed by atoms with Crippen LogP contribution in [-0.4, -0.2) is 31.1 Å². The van der Waals surface area contributed by atoms with Gasteiger partial charge in [-0.3, -0.25) is 4.79 Å². The summed E-state index contributed by atoms with van der Waals surface area (Å²) in [4.78, 5) is 27.5. The van der Waals surface area contributed by atoms with Crippen LogP contribution in [0.5, 0.6) is 0 Å². The molecule has 0 unspecified atom stereocenters. The lowest BCUT2D eigenvalue weighted by Crippen LogP contribution is -2.35. The van der Waals surface area contributed by atoms with Crippen LogP contribution in [0.15, 0.2) is 42.5 Å². The van der Waals surface area contributed by atoms with Gasteiger partial charge in [-0.2, -0.15) is 0 Å². The van der Waals surface area contributed by atoms with E-state index in [1.807, 2.05) is 6.07 Å². The molecule has 3 amide bonds. The number of rotatable bonds is 5. The monoisotopic (exact) mass is 410 g/mol. The van der Waals surface area contributed by atoms with Crippen LogP contribution in [0.25, 0.3) is 0 Å². The van der Waals surface area contributed by atoms with Crippen LogP contribution in [0.1, 0.15) is 43.0 Å². The lowest BCUT2D eigenvalue weighted by Gasteiger charge is -2.33. The number of piperidine rings is 1. The fourth-order valence-corrected chi connectivity index (χ4v) is 3.67. The number of benzene rings is 2. The van der Waals surface area contributed by atoms with Gasteiger partial charge in [0.25, 0.3) is 5.91 Å². The van der Waals surface area contributed by atoms with Crippen molar-refractivity contribution >= 4 is 29.0 Å². The second-order valence-electron chi connectivity index (χ2n) is 8.24. The van der Waals surface area contributed by atoms with Crippen molar-refractivity contribution in [3.05, 3.63) is 53.8 Å². The van der Waals surface area contributed by atoms with Gasteiger partial charge in [-0.1, -0.05) is 13.0 Å². The van der Waals surface area contributed by atoms with Crippen LogP contribution >= 0.6 is 0 Å². The summed E-state index contributed by atoms with van der Waals surface area (Å²) < 4.78 is 13.3. The third-order valence-electron chi connectivity index (χ3n) is 5.62. The first kappa shape index (κ1) is 20.2. The molecule has 0 atom stereocenters. The van der Waals surface area contributed by atoms with E-state index >= 15 is 0 Å². The normalized spacial score (nSPS) is 16.8. The molecule has 6 nitrogen and oxygen atoms in total. The Kier molecular flexibility index (Phi) is 5.88.